The molecule has 0 unspecified atom stereocenters. The number of ether oxygens (including phenoxy) is 1. The van der Waals surface area contributed by atoms with Crippen molar-refractivity contribution in [2.24, 2.45) is 0 Å². The first kappa shape index (κ1) is 17.6. The van der Waals surface area contributed by atoms with Crippen molar-refractivity contribution in [3.63, 3.8) is 0 Å². The molecule has 0 fully saturated rings. The van der Waals surface area contributed by atoms with E-state index in [-0.39, 0.29) is 17.1 Å². The van der Waals surface area contributed by atoms with Gasteiger partial charge in [-0.3, -0.25) is 0 Å². The molecule has 0 atom stereocenters. The molecule has 0 bridgehead atoms. The fourth-order valence-corrected chi connectivity index (χ4v) is 3.92. The Labute approximate surface area is 169 Å². The molecule has 4 aromatic carbocycles. The highest BCUT2D eigenvalue weighted by atomic mass is 127. The molecule has 0 saturated carbocycles. The van der Waals surface area contributed by atoms with E-state index in [4.69, 9.17) is 4.74 Å². The van der Waals surface area contributed by atoms with E-state index in [1.807, 2.05) is 48.5 Å². The van der Waals surface area contributed by atoms with E-state index in [1.165, 1.54) is 7.11 Å². The third-order valence-electron chi connectivity index (χ3n) is 4.64. The highest BCUT2D eigenvalue weighted by Crippen LogP contribution is 2.46. The highest BCUT2D eigenvalue weighted by molar-refractivity contribution is 14.1. The predicted octanol–water partition coefficient (Wildman–Crippen LogP) is 5.46. The second-order valence-corrected chi connectivity index (χ2v) is 7.43. The van der Waals surface area contributed by atoms with Gasteiger partial charge in [0.2, 0.25) is 0 Å². The molecule has 0 spiro atoms. The van der Waals surface area contributed by atoms with Crippen LogP contribution < -0.4 is 0 Å². The predicted molar refractivity (Wildman–Crippen MR) is 114 cm³/mol. The average molecular weight is 470 g/mol. The minimum Gasteiger partial charge on any atom is -0.507 e. The third kappa shape index (κ3) is 2.88. The summed E-state index contributed by atoms with van der Waals surface area (Å²) in [5.74, 6) is -0.804. The monoisotopic (exact) mass is 470 g/mol. The molecule has 2 N–H and O–H groups in total. The summed E-state index contributed by atoms with van der Waals surface area (Å²) in [7, 11) is 1.27. The Morgan fingerprint density at radius 1 is 0.889 bits per heavy atom. The maximum atomic E-state index is 12.2. The van der Waals surface area contributed by atoms with Gasteiger partial charge in [0.05, 0.1) is 7.11 Å². The average Bonchev–Trinajstić information content (AvgIpc) is 2.68. The molecule has 0 aliphatic rings. The summed E-state index contributed by atoms with van der Waals surface area (Å²) in [6.07, 6.45) is 0. The number of carbonyl (C=O) groups is 1. The highest BCUT2D eigenvalue weighted by Gasteiger charge is 2.22. The molecule has 0 aliphatic carbocycles. The van der Waals surface area contributed by atoms with Gasteiger partial charge in [0.1, 0.15) is 17.1 Å². The smallest absolute Gasteiger partial charge is 0.341 e. The van der Waals surface area contributed by atoms with Gasteiger partial charge in [0, 0.05) is 14.7 Å². The van der Waals surface area contributed by atoms with Gasteiger partial charge in [-0.25, -0.2) is 4.79 Å². The zero-order valence-electron chi connectivity index (χ0n) is 14.4. The quantitative estimate of drug-likeness (QED) is 0.302. The molecule has 0 aromatic heterocycles. The van der Waals surface area contributed by atoms with Gasteiger partial charge in [0.15, 0.2) is 0 Å². The molecule has 134 valence electrons. The van der Waals surface area contributed by atoms with Gasteiger partial charge >= 0.3 is 5.97 Å². The maximum absolute atomic E-state index is 12.2. The van der Waals surface area contributed by atoms with Gasteiger partial charge in [0.25, 0.3) is 0 Å². The van der Waals surface area contributed by atoms with E-state index in [9.17, 15) is 15.0 Å². The number of phenolic OH excluding ortho intramolecular Hbond substituents is 2. The van der Waals surface area contributed by atoms with E-state index in [0.29, 0.717) is 11.1 Å². The first-order valence-electron chi connectivity index (χ1n) is 8.26. The second-order valence-electron chi connectivity index (χ2n) is 6.19. The number of esters is 1. The van der Waals surface area contributed by atoms with Crippen LogP contribution >= 0.6 is 22.6 Å². The van der Waals surface area contributed by atoms with Crippen molar-refractivity contribution < 1.29 is 19.7 Å². The molecule has 0 heterocycles. The molecule has 5 heteroatoms. The van der Waals surface area contributed by atoms with Crippen LogP contribution in [0.3, 0.4) is 0 Å². The second kappa shape index (κ2) is 6.74. The fourth-order valence-electron chi connectivity index (χ4n) is 3.41. The van der Waals surface area contributed by atoms with Crippen LogP contribution in [0.1, 0.15) is 10.4 Å². The van der Waals surface area contributed by atoms with Crippen molar-refractivity contribution in [1.29, 1.82) is 0 Å². The van der Waals surface area contributed by atoms with Crippen LogP contribution in [0.2, 0.25) is 0 Å². The van der Waals surface area contributed by atoms with Crippen molar-refractivity contribution in [2.75, 3.05) is 7.11 Å². The number of rotatable bonds is 2. The molecule has 0 amide bonds. The first-order valence-corrected chi connectivity index (χ1v) is 9.33. The number of hydrogen-bond acceptors (Lipinski definition) is 4. The number of aromatic hydroxyl groups is 2. The summed E-state index contributed by atoms with van der Waals surface area (Å²) in [6, 6.07) is 18.3. The normalized spacial score (nSPS) is 11.0. The number of phenols is 2. The molecule has 4 rings (SSSR count). The lowest BCUT2D eigenvalue weighted by atomic mass is 9.90. The summed E-state index contributed by atoms with van der Waals surface area (Å²) in [6.45, 7) is 0. The largest absolute Gasteiger partial charge is 0.507 e. The van der Waals surface area contributed by atoms with Gasteiger partial charge in [-0.05, 0) is 68.4 Å². The first-order chi connectivity index (χ1) is 13.0. The molecule has 4 aromatic rings. The lowest BCUT2D eigenvalue weighted by Gasteiger charge is -2.16. The Hall–Kier alpha value is -2.80. The van der Waals surface area contributed by atoms with Crippen LogP contribution in [0.25, 0.3) is 32.7 Å². The summed E-state index contributed by atoms with van der Waals surface area (Å²) in [5.41, 5.74) is 0.967. The van der Waals surface area contributed by atoms with Crippen LogP contribution in [-0.4, -0.2) is 23.3 Å². The van der Waals surface area contributed by atoms with Crippen molar-refractivity contribution in [2.45, 2.75) is 0 Å². The fraction of sp³-hybridized carbons (Fsp3) is 0.0455. The SMILES string of the molecule is COC(=O)c1cc2ccccc2c(-c2c(O)ccc3cc(I)ccc23)c1O. The van der Waals surface area contributed by atoms with Crippen molar-refractivity contribution in [1.82, 2.24) is 0 Å². The number of carbonyl (C=O) groups excluding carboxylic acids is 1. The Balaban J connectivity index is 2.20. The molecule has 27 heavy (non-hydrogen) atoms. The van der Waals surface area contributed by atoms with Crippen LogP contribution in [-0.2, 0) is 4.74 Å². The molecule has 0 radical (unpaired) electrons. The number of hydrogen-bond donors (Lipinski definition) is 2. The summed E-state index contributed by atoms with van der Waals surface area (Å²) in [5, 5.41) is 24.9. The minimum atomic E-state index is -0.631. The number of fused-ring (bicyclic) bond motifs is 2. The molecule has 0 saturated heterocycles. The molecular weight excluding hydrogens is 455 g/mol. The zero-order chi connectivity index (χ0) is 19.1. The van der Waals surface area contributed by atoms with Crippen LogP contribution in [0.15, 0.2) is 60.7 Å². The lowest BCUT2D eigenvalue weighted by Crippen LogP contribution is -2.03. The van der Waals surface area contributed by atoms with Crippen LogP contribution in [0.4, 0.5) is 0 Å². The number of benzene rings is 4. The van der Waals surface area contributed by atoms with Crippen molar-refractivity contribution in [3.8, 4) is 22.6 Å². The Bertz CT molecular complexity index is 1210. The lowest BCUT2D eigenvalue weighted by molar-refractivity contribution is 0.0597. The Morgan fingerprint density at radius 3 is 2.37 bits per heavy atom. The van der Waals surface area contributed by atoms with Crippen LogP contribution in [0, 0.1) is 3.57 Å². The number of halogens is 1. The zero-order valence-corrected chi connectivity index (χ0v) is 16.5. The van der Waals surface area contributed by atoms with E-state index in [1.54, 1.807) is 12.1 Å². The van der Waals surface area contributed by atoms with Crippen molar-refractivity contribution >= 4 is 50.1 Å². The van der Waals surface area contributed by atoms with Crippen LogP contribution in [0.5, 0.6) is 11.5 Å². The summed E-state index contributed by atoms with van der Waals surface area (Å²) >= 11 is 2.23. The Kier molecular flexibility index (Phi) is 4.39. The maximum Gasteiger partial charge on any atom is 0.341 e. The van der Waals surface area contributed by atoms with Gasteiger partial charge in [-0.2, -0.15) is 0 Å². The summed E-state index contributed by atoms with van der Waals surface area (Å²) < 4.78 is 5.89. The van der Waals surface area contributed by atoms with Gasteiger partial charge < -0.3 is 14.9 Å². The standard InChI is InChI=1S/C22H15IO4/c1-27-22(26)17-11-12-4-2-3-5-15(12)20(21(17)25)19-16-8-7-14(23)10-13(16)6-9-18(19)24/h2-11,24-25H,1H3. The minimum absolute atomic E-state index is 0.0335. The third-order valence-corrected chi connectivity index (χ3v) is 5.31. The van der Waals surface area contributed by atoms with E-state index >= 15 is 0 Å². The van der Waals surface area contributed by atoms with Gasteiger partial charge in [-0.15, -0.1) is 0 Å². The van der Waals surface area contributed by atoms with E-state index in [2.05, 4.69) is 22.6 Å². The van der Waals surface area contributed by atoms with E-state index in [0.717, 1.165) is 25.1 Å². The summed E-state index contributed by atoms with van der Waals surface area (Å²) in [4.78, 5) is 12.2. The van der Waals surface area contributed by atoms with Gasteiger partial charge in [-0.1, -0.05) is 36.4 Å². The molecular formula is C22H15IO4. The van der Waals surface area contributed by atoms with Crippen molar-refractivity contribution in [3.05, 3.63) is 69.8 Å². The topological polar surface area (TPSA) is 66.8 Å². The van der Waals surface area contributed by atoms with E-state index < -0.39 is 5.97 Å². The Morgan fingerprint density at radius 2 is 1.59 bits per heavy atom. The molecule has 0 aliphatic heterocycles. The molecule has 4 nitrogen and oxygen atoms in total. The number of methoxy groups -OCH3 is 1.